The van der Waals surface area contributed by atoms with Crippen molar-refractivity contribution in [1.82, 2.24) is 15.1 Å². The Morgan fingerprint density at radius 3 is 2.32 bits per heavy atom. The van der Waals surface area contributed by atoms with Gasteiger partial charge in [-0.3, -0.25) is 9.59 Å². The molecule has 1 aromatic carbocycles. The van der Waals surface area contributed by atoms with E-state index in [1.54, 1.807) is 0 Å². The van der Waals surface area contributed by atoms with Crippen molar-refractivity contribution in [3.8, 4) is 0 Å². The fraction of sp³-hybridized carbons (Fsp3) is 0.652. The van der Waals surface area contributed by atoms with Gasteiger partial charge < -0.3 is 15.1 Å². The number of hydrogen-bond acceptors (Lipinski definition) is 3. The van der Waals surface area contributed by atoms with Gasteiger partial charge in [0.1, 0.15) is 0 Å². The summed E-state index contributed by atoms with van der Waals surface area (Å²) in [4.78, 5) is 30.0. The third kappa shape index (κ3) is 5.13. The van der Waals surface area contributed by atoms with Gasteiger partial charge in [-0.05, 0) is 77.6 Å². The fourth-order valence-corrected chi connectivity index (χ4v) is 4.69. The number of hydrogen-bond donors (Lipinski definition) is 1. The minimum Gasteiger partial charge on any atom is -0.342 e. The highest BCUT2D eigenvalue weighted by Crippen LogP contribution is 2.25. The van der Waals surface area contributed by atoms with E-state index in [-0.39, 0.29) is 17.7 Å². The Morgan fingerprint density at radius 1 is 1.00 bits per heavy atom. The second-order valence-corrected chi connectivity index (χ2v) is 8.63. The smallest absolute Gasteiger partial charge is 0.253 e. The van der Waals surface area contributed by atoms with Crippen molar-refractivity contribution in [2.24, 2.45) is 11.8 Å². The van der Waals surface area contributed by atoms with Crippen LogP contribution in [0.4, 0.5) is 0 Å². The van der Waals surface area contributed by atoms with Gasteiger partial charge in [0, 0.05) is 31.7 Å². The number of nitrogens with zero attached hydrogens (tertiary/aromatic N) is 2. The second-order valence-electron chi connectivity index (χ2n) is 8.63. The number of rotatable bonds is 5. The minimum absolute atomic E-state index is 0.0440. The zero-order chi connectivity index (χ0) is 20.1. The molecule has 1 unspecified atom stereocenters. The second kappa shape index (κ2) is 9.55. The summed E-state index contributed by atoms with van der Waals surface area (Å²) in [5, 5.41) is 3.22. The first-order chi connectivity index (χ1) is 13.5. The van der Waals surface area contributed by atoms with Gasteiger partial charge in [0.05, 0.1) is 5.92 Å². The highest BCUT2D eigenvalue weighted by Gasteiger charge is 2.33. The molecule has 0 aromatic heterocycles. The lowest BCUT2D eigenvalue weighted by Crippen LogP contribution is -2.48. The average Bonchev–Trinajstić information content (AvgIpc) is 2.71. The third-order valence-electron chi connectivity index (χ3n) is 6.26. The number of nitrogens with one attached hydrogen (secondary N) is 1. The maximum absolute atomic E-state index is 13.1. The molecule has 0 radical (unpaired) electrons. The summed E-state index contributed by atoms with van der Waals surface area (Å²) in [5.41, 5.74) is 2.96. The normalized spacial score (nSPS) is 21.0. The van der Waals surface area contributed by atoms with Crippen molar-refractivity contribution in [2.75, 3.05) is 39.8 Å². The van der Waals surface area contributed by atoms with Gasteiger partial charge in [-0.25, -0.2) is 0 Å². The Labute approximate surface area is 169 Å². The molecule has 1 N–H and O–H groups in total. The van der Waals surface area contributed by atoms with Crippen molar-refractivity contribution in [2.45, 2.75) is 46.0 Å². The molecule has 2 fully saturated rings. The fourth-order valence-electron chi connectivity index (χ4n) is 4.69. The summed E-state index contributed by atoms with van der Waals surface area (Å²) < 4.78 is 0. The number of amides is 2. The van der Waals surface area contributed by atoms with E-state index >= 15 is 0 Å². The summed E-state index contributed by atoms with van der Waals surface area (Å²) >= 11 is 0. The molecule has 2 amide bonds. The number of benzene rings is 1. The first-order valence-corrected chi connectivity index (χ1v) is 10.8. The summed E-state index contributed by atoms with van der Waals surface area (Å²) in [6.45, 7) is 8.14. The molecule has 2 aliphatic rings. The van der Waals surface area contributed by atoms with Crippen LogP contribution >= 0.6 is 0 Å². The van der Waals surface area contributed by atoms with Crippen LogP contribution in [0.15, 0.2) is 18.2 Å². The van der Waals surface area contributed by atoms with Crippen LogP contribution in [0.25, 0.3) is 0 Å². The highest BCUT2D eigenvalue weighted by molar-refractivity contribution is 5.95. The average molecular weight is 386 g/mol. The Balaban J connectivity index is 1.57. The van der Waals surface area contributed by atoms with E-state index in [0.717, 1.165) is 74.5 Å². The van der Waals surface area contributed by atoms with Crippen molar-refractivity contribution in [1.29, 1.82) is 0 Å². The first kappa shape index (κ1) is 20.8. The molecular formula is C23H35N3O2. The van der Waals surface area contributed by atoms with Gasteiger partial charge in [0.2, 0.25) is 5.91 Å². The van der Waals surface area contributed by atoms with Gasteiger partial charge in [-0.1, -0.05) is 17.2 Å². The molecular weight excluding hydrogens is 350 g/mol. The third-order valence-corrected chi connectivity index (χ3v) is 6.26. The summed E-state index contributed by atoms with van der Waals surface area (Å²) in [6, 6.07) is 5.99. The number of carbonyl (C=O) groups is 2. The largest absolute Gasteiger partial charge is 0.342 e. The predicted molar refractivity (Wildman–Crippen MR) is 112 cm³/mol. The lowest BCUT2D eigenvalue weighted by molar-refractivity contribution is -0.138. The molecule has 5 heteroatoms. The summed E-state index contributed by atoms with van der Waals surface area (Å²) in [6.07, 6.45) is 5.21. The van der Waals surface area contributed by atoms with Crippen LogP contribution in [0.1, 0.15) is 53.6 Å². The van der Waals surface area contributed by atoms with E-state index < -0.39 is 0 Å². The topological polar surface area (TPSA) is 52.7 Å². The Hall–Kier alpha value is -1.88. The monoisotopic (exact) mass is 385 g/mol. The van der Waals surface area contributed by atoms with E-state index in [0.29, 0.717) is 6.54 Å². The van der Waals surface area contributed by atoms with Crippen LogP contribution in [-0.2, 0) is 4.79 Å². The van der Waals surface area contributed by atoms with E-state index in [4.69, 9.17) is 0 Å². The first-order valence-electron chi connectivity index (χ1n) is 10.8. The van der Waals surface area contributed by atoms with E-state index in [1.807, 2.05) is 42.8 Å². The molecule has 0 spiro atoms. The van der Waals surface area contributed by atoms with E-state index in [2.05, 4.69) is 11.4 Å². The van der Waals surface area contributed by atoms with Gasteiger partial charge in [-0.15, -0.1) is 0 Å². The molecule has 1 atom stereocenters. The molecule has 3 rings (SSSR count). The summed E-state index contributed by atoms with van der Waals surface area (Å²) in [7, 11) is 1.99. The van der Waals surface area contributed by atoms with Crippen LogP contribution in [0, 0.1) is 25.7 Å². The molecule has 1 aromatic rings. The van der Waals surface area contributed by atoms with Crippen LogP contribution in [0.5, 0.6) is 0 Å². The van der Waals surface area contributed by atoms with Gasteiger partial charge >= 0.3 is 0 Å². The standard InChI is InChI=1S/C23H35N3O2/c1-17-13-18(2)15-21(14-17)23(28)26-10-4-5-20(16-26)22(27)25-11-7-19(8-12-25)6-9-24-3/h13-15,19-20,24H,4-12,16H2,1-3H3. The zero-order valence-corrected chi connectivity index (χ0v) is 17.7. The Bertz CT molecular complexity index is 675. The maximum Gasteiger partial charge on any atom is 0.253 e. The van der Waals surface area contributed by atoms with E-state index in [1.165, 1.54) is 6.42 Å². The number of carbonyl (C=O) groups excluding carboxylic acids is 2. The lowest BCUT2D eigenvalue weighted by atomic mass is 9.91. The van der Waals surface area contributed by atoms with Crippen molar-refractivity contribution in [3.63, 3.8) is 0 Å². The quantitative estimate of drug-likeness (QED) is 0.848. The molecule has 0 bridgehead atoms. The lowest BCUT2D eigenvalue weighted by Gasteiger charge is -2.38. The molecule has 0 saturated carbocycles. The maximum atomic E-state index is 13.1. The number of likely N-dealkylation sites (tertiary alicyclic amines) is 2. The van der Waals surface area contributed by atoms with Crippen LogP contribution < -0.4 is 5.32 Å². The molecule has 0 aliphatic carbocycles. The van der Waals surface area contributed by atoms with Gasteiger partial charge in [-0.2, -0.15) is 0 Å². The van der Waals surface area contributed by atoms with Gasteiger partial charge in [0.25, 0.3) is 5.91 Å². The molecule has 2 aliphatic heterocycles. The summed E-state index contributed by atoms with van der Waals surface area (Å²) in [5.74, 6) is 1.00. The van der Waals surface area contributed by atoms with Crippen molar-refractivity contribution in [3.05, 3.63) is 34.9 Å². The van der Waals surface area contributed by atoms with Crippen LogP contribution in [0.2, 0.25) is 0 Å². The van der Waals surface area contributed by atoms with Crippen LogP contribution in [0.3, 0.4) is 0 Å². The molecule has 2 saturated heterocycles. The predicted octanol–water partition coefficient (Wildman–Crippen LogP) is 3.00. The van der Waals surface area contributed by atoms with Crippen molar-refractivity contribution < 1.29 is 9.59 Å². The van der Waals surface area contributed by atoms with E-state index in [9.17, 15) is 9.59 Å². The van der Waals surface area contributed by atoms with Crippen LogP contribution in [-0.4, -0.2) is 61.4 Å². The SMILES string of the molecule is CNCCC1CCN(C(=O)C2CCCN(C(=O)c3cc(C)cc(C)c3)C2)CC1. The van der Waals surface area contributed by atoms with Crippen molar-refractivity contribution >= 4 is 11.8 Å². The Kier molecular flexibility index (Phi) is 7.11. The minimum atomic E-state index is -0.0440. The molecule has 154 valence electrons. The molecule has 5 nitrogen and oxygen atoms in total. The number of piperidine rings is 2. The Morgan fingerprint density at radius 2 is 1.68 bits per heavy atom. The van der Waals surface area contributed by atoms with Gasteiger partial charge in [0.15, 0.2) is 0 Å². The highest BCUT2D eigenvalue weighted by atomic mass is 16.2. The molecule has 28 heavy (non-hydrogen) atoms. The molecule has 2 heterocycles. The number of aryl methyl sites for hydroxylation is 2. The zero-order valence-electron chi connectivity index (χ0n) is 17.7.